The van der Waals surface area contributed by atoms with Crippen LogP contribution in [0.4, 0.5) is 8.78 Å². The molecular weight excluding hydrogens is 355 g/mol. The van der Waals surface area contributed by atoms with E-state index in [9.17, 15) is 8.78 Å². The molecule has 1 aromatic carbocycles. The van der Waals surface area contributed by atoms with Crippen molar-refractivity contribution in [2.45, 2.75) is 12.6 Å². The van der Waals surface area contributed by atoms with Crippen LogP contribution in [0, 0.1) is 11.3 Å². The molecule has 1 atom stereocenters. The van der Waals surface area contributed by atoms with E-state index in [1.807, 2.05) is 6.07 Å². The predicted octanol–water partition coefficient (Wildman–Crippen LogP) is 5.21. The number of benzene rings is 1. The standard InChI is InChI=1S/C12H9BrF2NOPS/c1-2-17-18-12(14,15)11-9(13)8-5-3-4-7(6-16)10(8)19-11/h3-5,18H,2H2,1H3. The summed E-state index contributed by atoms with van der Waals surface area (Å²) in [4.78, 5) is -0.0861. The summed E-state index contributed by atoms with van der Waals surface area (Å²) in [7, 11) is -0.921. The van der Waals surface area contributed by atoms with Gasteiger partial charge in [0.1, 0.15) is 6.07 Å². The van der Waals surface area contributed by atoms with Gasteiger partial charge in [0.25, 0.3) is 0 Å². The van der Waals surface area contributed by atoms with Gasteiger partial charge in [-0.15, -0.1) is 11.3 Å². The minimum absolute atomic E-state index is 0.0861. The molecule has 0 aliphatic rings. The molecule has 0 aliphatic carbocycles. The molecule has 1 aromatic heterocycles. The summed E-state index contributed by atoms with van der Waals surface area (Å²) in [6.07, 6.45) is 0. The topological polar surface area (TPSA) is 33.0 Å². The first-order chi connectivity index (χ1) is 9.01. The fourth-order valence-electron chi connectivity index (χ4n) is 1.59. The van der Waals surface area contributed by atoms with E-state index < -0.39 is 14.5 Å². The molecule has 7 heteroatoms. The Morgan fingerprint density at radius 1 is 1.53 bits per heavy atom. The number of halogens is 3. The number of thiophene rings is 1. The van der Waals surface area contributed by atoms with Crippen molar-refractivity contribution in [2.75, 3.05) is 6.61 Å². The van der Waals surface area contributed by atoms with Crippen molar-refractivity contribution >= 4 is 46.2 Å². The zero-order valence-electron chi connectivity index (χ0n) is 9.84. The Hall–Kier alpha value is -0.600. The zero-order chi connectivity index (χ0) is 14.0. The maximum Gasteiger partial charge on any atom is 0.321 e. The third-order valence-electron chi connectivity index (χ3n) is 2.41. The van der Waals surface area contributed by atoms with Crippen molar-refractivity contribution in [1.82, 2.24) is 0 Å². The Morgan fingerprint density at radius 2 is 2.26 bits per heavy atom. The number of hydrogen-bond donors (Lipinski definition) is 0. The van der Waals surface area contributed by atoms with Gasteiger partial charge in [0.05, 0.1) is 23.9 Å². The average molecular weight is 364 g/mol. The third-order valence-corrected chi connectivity index (χ3v) is 5.92. The fraction of sp³-hybridized carbons (Fsp3) is 0.250. The largest absolute Gasteiger partial charge is 0.356 e. The summed E-state index contributed by atoms with van der Waals surface area (Å²) in [5.74, 6) is 0. The molecule has 1 unspecified atom stereocenters. The number of fused-ring (bicyclic) bond motifs is 1. The molecule has 0 bridgehead atoms. The van der Waals surface area contributed by atoms with Crippen LogP contribution < -0.4 is 0 Å². The van der Waals surface area contributed by atoms with E-state index in [1.165, 1.54) is 0 Å². The summed E-state index contributed by atoms with van der Waals surface area (Å²) < 4.78 is 33.9. The van der Waals surface area contributed by atoms with Gasteiger partial charge in [0.15, 0.2) is 0 Å². The lowest BCUT2D eigenvalue weighted by Crippen LogP contribution is -2.05. The Balaban J connectivity index is 2.57. The van der Waals surface area contributed by atoms with Gasteiger partial charge in [-0.1, -0.05) is 12.1 Å². The van der Waals surface area contributed by atoms with Crippen molar-refractivity contribution in [3.05, 3.63) is 33.1 Å². The van der Waals surface area contributed by atoms with Crippen LogP contribution in [0.5, 0.6) is 0 Å². The van der Waals surface area contributed by atoms with Crippen LogP contribution in [0.2, 0.25) is 0 Å². The Labute approximate surface area is 123 Å². The molecule has 0 spiro atoms. The van der Waals surface area contributed by atoms with Gasteiger partial charge in [-0.2, -0.15) is 14.0 Å². The van der Waals surface area contributed by atoms with E-state index in [0.29, 0.717) is 20.1 Å². The van der Waals surface area contributed by atoms with Crippen molar-refractivity contribution in [3.8, 4) is 6.07 Å². The van der Waals surface area contributed by atoms with Gasteiger partial charge < -0.3 is 4.52 Å². The second-order valence-electron chi connectivity index (χ2n) is 3.65. The molecule has 0 radical (unpaired) electrons. The number of hydrogen-bond acceptors (Lipinski definition) is 3. The van der Waals surface area contributed by atoms with Crippen LogP contribution in [0.1, 0.15) is 17.4 Å². The van der Waals surface area contributed by atoms with Crippen LogP contribution in [0.15, 0.2) is 22.7 Å². The minimum atomic E-state index is -3.04. The fourth-order valence-corrected chi connectivity index (χ4v) is 4.58. The highest BCUT2D eigenvalue weighted by atomic mass is 79.9. The first-order valence-corrected chi connectivity index (χ1v) is 7.91. The molecule has 0 amide bonds. The highest BCUT2D eigenvalue weighted by Gasteiger charge is 2.37. The Morgan fingerprint density at radius 3 is 2.89 bits per heavy atom. The van der Waals surface area contributed by atoms with E-state index in [0.717, 1.165) is 11.3 Å². The van der Waals surface area contributed by atoms with E-state index in [-0.39, 0.29) is 11.5 Å². The summed E-state index contributed by atoms with van der Waals surface area (Å²) in [6.45, 7) is 1.93. The maximum absolute atomic E-state index is 14.1. The second kappa shape index (κ2) is 5.80. The van der Waals surface area contributed by atoms with Crippen LogP contribution in [-0.2, 0) is 10.2 Å². The summed E-state index contributed by atoms with van der Waals surface area (Å²) >= 11 is 4.15. The summed E-state index contributed by atoms with van der Waals surface area (Å²) in [6, 6.07) is 7.05. The molecule has 0 aliphatic heterocycles. The molecule has 1 heterocycles. The van der Waals surface area contributed by atoms with E-state index in [1.54, 1.807) is 25.1 Å². The minimum Gasteiger partial charge on any atom is -0.356 e. The smallest absolute Gasteiger partial charge is 0.321 e. The third kappa shape index (κ3) is 2.80. The predicted molar refractivity (Wildman–Crippen MR) is 78.1 cm³/mol. The summed E-state index contributed by atoms with van der Waals surface area (Å²) in [5.41, 5.74) is -2.63. The first-order valence-electron chi connectivity index (χ1n) is 5.39. The van der Waals surface area contributed by atoms with Crippen LogP contribution >= 0.6 is 36.1 Å². The molecule has 2 rings (SSSR count). The van der Waals surface area contributed by atoms with E-state index in [4.69, 9.17) is 9.79 Å². The molecule has 19 heavy (non-hydrogen) atoms. The highest BCUT2D eigenvalue weighted by Crippen LogP contribution is 2.53. The SMILES string of the molecule is CCOPC(F)(F)c1sc2c(C#N)cccc2c1Br. The number of nitrogens with zero attached hydrogens (tertiary/aromatic N) is 1. The zero-order valence-corrected chi connectivity index (χ0v) is 13.2. The van der Waals surface area contributed by atoms with E-state index >= 15 is 0 Å². The number of rotatable bonds is 4. The maximum atomic E-state index is 14.1. The van der Waals surface area contributed by atoms with Crippen molar-refractivity contribution in [1.29, 1.82) is 5.26 Å². The lowest BCUT2D eigenvalue weighted by Gasteiger charge is -2.14. The average Bonchev–Trinajstić information content (AvgIpc) is 2.75. The molecule has 0 saturated heterocycles. The Kier molecular flexibility index (Phi) is 4.52. The van der Waals surface area contributed by atoms with Crippen LogP contribution in [-0.4, -0.2) is 6.61 Å². The Bertz CT molecular complexity index is 653. The van der Waals surface area contributed by atoms with Gasteiger partial charge in [-0.3, -0.25) is 0 Å². The quantitative estimate of drug-likeness (QED) is 0.698. The van der Waals surface area contributed by atoms with E-state index in [2.05, 4.69) is 15.9 Å². The number of alkyl halides is 2. The lowest BCUT2D eigenvalue weighted by atomic mass is 10.2. The molecular formula is C12H9BrF2NOPS. The lowest BCUT2D eigenvalue weighted by molar-refractivity contribution is 0.0902. The molecule has 0 fully saturated rings. The number of nitriles is 1. The second-order valence-corrected chi connectivity index (χ2v) is 6.58. The van der Waals surface area contributed by atoms with Gasteiger partial charge >= 0.3 is 5.66 Å². The highest BCUT2D eigenvalue weighted by molar-refractivity contribution is 9.10. The van der Waals surface area contributed by atoms with Gasteiger partial charge in [-0.25, -0.2) is 0 Å². The van der Waals surface area contributed by atoms with Crippen LogP contribution in [0.25, 0.3) is 10.1 Å². The normalized spacial score (nSPS) is 12.4. The molecule has 100 valence electrons. The molecule has 2 aromatic rings. The van der Waals surface area contributed by atoms with Gasteiger partial charge in [0, 0.05) is 16.5 Å². The van der Waals surface area contributed by atoms with Crippen molar-refractivity contribution in [2.24, 2.45) is 0 Å². The van der Waals surface area contributed by atoms with Crippen molar-refractivity contribution < 1.29 is 13.3 Å². The summed E-state index contributed by atoms with van der Waals surface area (Å²) in [5, 5.41) is 9.65. The monoisotopic (exact) mass is 363 g/mol. The van der Waals surface area contributed by atoms with Crippen LogP contribution in [0.3, 0.4) is 0 Å². The first kappa shape index (κ1) is 14.8. The molecule has 2 nitrogen and oxygen atoms in total. The van der Waals surface area contributed by atoms with Gasteiger partial charge in [-0.05, 0) is 28.9 Å². The van der Waals surface area contributed by atoms with Gasteiger partial charge in [0.2, 0.25) is 0 Å². The molecule has 0 saturated carbocycles. The molecule has 0 N–H and O–H groups in total. The van der Waals surface area contributed by atoms with Crippen molar-refractivity contribution in [3.63, 3.8) is 0 Å².